The van der Waals surface area contributed by atoms with Gasteiger partial charge in [-0.2, -0.15) is 0 Å². The predicted molar refractivity (Wildman–Crippen MR) is 65.4 cm³/mol. The molecule has 6 heteroatoms. The van der Waals surface area contributed by atoms with Gasteiger partial charge in [0.15, 0.2) is 5.82 Å². The number of esters is 1. The average Bonchev–Trinajstić information content (AvgIpc) is 2.77. The van der Waals surface area contributed by atoms with Crippen molar-refractivity contribution in [1.82, 2.24) is 9.55 Å². The molecular weight excluding hydrogens is 251 g/mol. The highest BCUT2D eigenvalue weighted by atomic mass is 19.1. The Hall–Kier alpha value is -1.95. The van der Waals surface area contributed by atoms with Crippen molar-refractivity contribution in [1.29, 1.82) is 0 Å². The van der Waals surface area contributed by atoms with Gasteiger partial charge in [0.05, 0.1) is 37.2 Å². The monoisotopic (exact) mass is 264 g/mol. The zero-order valence-electron chi connectivity index (χ0n) is 10.4. The average molecular weight is 264 g/mol. The number of rotatable bonds is 3. The molecule has 0 bridgehead atoms. The highest BCUT2D eigenvalue weighted by molar-refractivity contribution is 5.94. The number of aromatic nitrogens is 2. The van der Waals surface area contributed by atoms with Crippen molar-refractivity contribution < 1.29 is 18.7 Å². The third-order valence-electron chi connectivity index (χ3n) is 3.32. The summed E-state index contributed by atoms with van der Waals surface area (Å²) in [5.74, 6) is -1.28. The fourth-order valence-corrected chi connectivity index (χ4v) is 2.18. The Bertz CT molecular complexity index is 634. The van der Waals surface area contributed by atoms with Gasteiger partial charge in [0.25, 0.3) is 0 Å². The van der Waals surface area contributed by atoms with Gasteiger partial charge in [-0.3, -0.25) is 0 Å². The van der Waals surface area contributed by atoms with E-state index in [9.17, 15) is 9.18 Å². The summed E-state index contributed by atoms with van der Waals surface area (Å²) in [5.41, 5.74) is 0.758. The standard InChI is InChI=1S/C13H13FN2O3/c1-18-13(17)9-2-3-10-12(11(9)14)16(7-15-10)6-8-4-5-19-8/h2-3,7-8H,4-6H2,1H3. The Morgan fingerprint density at radius 1 is 1.63 bits per heavy atom. The van der Waals surface area contributed by atoms with Crippen LogP contribution in [0.5, 0.6) is 0 Å². The van der Waals surface area contributed by atoms with Crippen LogP contribution in [0.2, 0.25) is 0 Å². The van der Waals surface area contributed by atoms with Crippen LogP contribution in [0.3, 0.4) is 0 Å². The van der Waals surface area contributed by atoms with E-state index in [2.05, 4.69) is 9.72 Å². The van der Waals surface area contributed by atoms with Crippen LogP contribution in [0.1, 0.15) is 16.8 Å². The zero-order valence-corrected chi connectivity index (χ0v) is 10.4. The molecule has 0 spiro atoms. The first-order valence-electron chi connectivity index (χ1n) is 6.04. The molecule has 1 fully saturated rings. The SMILES string of the molecule is COC(=O)c1ccc2ncn(CC3CCO3)c2c1F. The lowest BCUT2D eigenvalue weighted by atomic mass is 10.1. The second kappa shape index (κ2) is 4.62. The number of ether oxygens (including phenoxy) is 2. The molecule has 1 aliphatic rings. The van der Waals surface area contributed by atoms with Crippen molar-refractivity contribution in [2.45, 2.75) is 19.1 Å². The number of fused-ring (bicyclic) bond motifs is 1. The van der Waals surface area contributed by atoms with Crippen LogP contribution >= 0.6 is 0 Å². The van der Waals surface area contributed by atoms with Crippen LogP contribution in [-0.4, -0.2) is 35.3 Å². The molecule has 19 heavy (non-hydrogen) atoms. The van der Waals surface area contributed by atoms with Crippen LogP contribution < -0.4 is 0 Å². The quantitative estimate of drug-likeness (QED) is 0.792. The number of halogens is 1. The highest BCUT2D eigenvalue weighted by Crippen LogP contribution is 2.23. The number of benzene rings is 1. The van der Waals surface area contributed by atoms with Crippen LogP contribution in [-0.2, 0) is 16.0 Å². The van der Waals surface area contributed by atoms with Crippen LogP contribution in [0.4, 0.5) is 4.39 Å². The number of hydrogen-bond acceptors (Lipinski definition) is 4. The van der Waals surface area contributed by atoms with Crippen molar-refractivity contribution in [3.05, 3.63) is 29.8 Å². The molecule has 1 aromatic carbocycles. The van der Waals surface area contributed by atoms with Crippen molar-refractivity contribution >= 4 is 17.0 Å². The number of hydrogen-bond donors (Lipinski definition) is 0. The minimum Gasteiger partial charge on any atom is -0.465 e. The second-order valence-corrected chi connectivity index (χ2v) is 4.46. The van der Waals surface area contributed by atoms with Gasteiger partial charge in [0.1, 0.15) is 5.52 Å². The first-order chi connectivity index (χ1) is 9.20. The maximum Gasteiger partial charge on any atom is 0.340 e. The Morgan fingerprint density at radius 2 is 2.42 bits per heavy atom. The molecule has 1 unspecified atom stereocenters. The van der Waals surface area contributed by atoms with Crippen molar-refractivity contribution in [3.63, 3.8) is 0 Å². The topological polar surface area (TPSA) is 53.3 Å². The smallest absolute Gasteiger partial charge is 0.340 e. The second-order valence-electron chi connectivity index (χ2n) is 4.46. The van der Waals surface area contributed by atoms with E-state index in [0.717, 1.165) is 13.0 Å². The van der Waals surface area contributed by atoms with Gasteiger partial charge in [-0.15, -0.1) is 0 Å². The number of imidazole rings is 1. The van der Waals surface area contributed by atoms with Gasteiger partial charge in [-0.1, -0.05) is 0 Å². The first kappa shape index (κ1) is 12.1. The van der Waals surface area contributed by atoms with E-state index in [0.29, 0.717) is 17.6 Å². The van der Waals surface area contributed by atoms with E-state index in [1.807, 2.05) is 0 Å². The molecule has 0 radical (unpaired) electrons. The summed E-state index contributed by atoms with van der Waals surface area (Å²) in [7, 11) is 1.23. The van der Waals surface area contributed by atoms with Crippen molar-refractivity contribution in [2.75, 3.05) is 13.7 Å². The molecule has 1 aliphatic heterocycles. The molecule has 2 heterocycles. The van der Waals surface area contributed by atoms with Crippen LogP contribution in [0.15, 0.2) is 18.5 Å². The van der Waals surface area contributed by atoms with Gasteiger partial charge < -0.3 is 14.0 Å². The Labute approximate surface area is 108 Å². The number of methoxy groups -OCH3 is 1. The molecule has 1 aromatic heterocycles. The minimum absolute atomic E-state index is 0.0775. The molecule has 0 N–H and O–H groups in total. The summed E-state index contributed by atoms with van der Waals surface area (Å²) in [4.78, 5) is 15.6. The molecule has 1 atom stereocenters. The molecule has 2 aromatic rings. The summed E-state index contributed by atoms with van der Waals surface area (Å²) in [6, 6.07) is 3.00. The molecule has 0 aliphatic carbocycles. The minimum atomic E-state index is -0.688. The van der Waals surface area contributed by atoms with Gasteiger partial charge >= 0.3 is 5.97 Å². The first-order valence-corrected chi connectivity index (χ1v) is 6.04. The van der Waals surface area contributed by atoms with Crippen molar-refractivity contribution in [2.24, 2.45) is 0 Å². The van der Waals surface area contributed by atoms with Gasteiger partial charge in [0.2, 0.25) is 0 Å². The van der Waals surface area contributed by atoms with E-state index in [1.54, 1.807) is 17.0 Å². The Balaban J connectivity index is 2.05. The summed E-state index contributed by atoms with van der Waals surface area (Å²) >= 11 is 0. The molecular formula is C13H13FN2O3. The maximum absolute atomic E-state index is 14.4. The fourth-order valence-electron chi connectivity index (χ4n) is 2.18. The van der Waals surface area contributed by atoms with E-state index < -0.39 is 11.8 Å². The summed E-state index contributed by atoms with van der Waals surface area (Å²) in [6.07, 6.45) is 2.62. The molecule has 1 saturated heterocycles. The van der Waals surface area contributed by atoms with Crippen molar-refractivity contribution in [3.8, 4) is 0 Å². The lowest BCUT2D eigenvalue weighted by molar-refractivity contribution is -0.0587. The molecule has 0 amide bonds. The van der Waals surface area contributed by atoms with E-state index in [1.165, 1.54) is 13.2 Å². The number of carbonyl (C=O) groups excluding carboxylic acids is 1. The molecule has 0 saturated carbocycles. The van der Waals surface area contributed by atoms with E-state index in [4.69, 9.17) is 4.74 Å². The van der Waals surface area contributed by atoms with Gasteiger partial charge in [-0.05, 0) is 18.6 Å². The van der Waals surface area contributed by atoms with E-state index in [-0.39, 0.29) is 11.7 Å². The Morgan fingerprint density at radius 3 is 3.05 bits per heavy atom. The highest BCUT2D eigenvalue weighted by Gasteiger charge is 2.22. The van der Waals surface area contributed by atoms with Gasteiger partial charge in [-0.25, -0.2) is 14.2 Å². The molecule has 100 valence electrons. The van der Waals surface area contributed by atoms with Crippen LogP contribution in [0, 0.1) is 5.82 Å². The van der Waals surface area contributed by atoms with E-state index >= 15 is 0 Å². The van der Waals surface area contributed by atoms with Crippen LogP contribution in [0.25, 0.3) is 11.0 Å². The summed E-state index contributed by atoms with van der Waals surface area (Å²) in [6.45, 7) is 1.28. The maximum atomic E-state index is 14.4. The molecule has 5 nitrogen and oxygen atoms in total. The number of carbonyl (C=O) groups is 1. The lowest BCUT2D eigenvalue weighted by Crippen LogP contribution is -2.31. The lowest BCUT2D eigenvalue weighted by Gasteiger charge is -2.26. The summed E-state index contributed by atoms with van der Waals surface area (Å²) < 4.78 is 25.9. The third-order valence-corrected chi connectivity index (χ3v) is 3.32. The third kappa shape index (κ3) is 1.98. The molecule has 3 rings (SSSR count). The predicted octanol–water partition coefficient (Wildman–Crippen LogP) is 1.75. The number of nitrogens with zero attached hydrogens (tertiary/aromatic N) is 2. The normalized spacial score (nSPS) is 18.3. The largest absolute Gasteiger partial charge is 0.465 e. The van der Waals surface area contributed by atoms with Gasteiger partial charge in [0, 0.05) is 6.61 Å². The zero-order chi connectivity index (χ0) is 13.4. The Kier molecular flexibility index (Phi) is 2.94. The summed E-state index contributed by atoms with van der Waals surface area (Å²) in [5, 5.41) is 0. The fraction of sp³-hybridized carbons (Fsp3) is 0.385.